The summed E-state index contributed by atoms with van der Waals surface area (Å²) in [4.78, 5) is 4.40. The van der Waals surface area contributed by atoms with Crippen LogP contribution in [0, 0.1) is 5.82 Å². The Kier molecular flexibility index (Phi) is 11.6. The second-order valence-electron chi connectivity index (χ2n) is 4.83. The van der Waals surface area contributed by atoms with E-state index in [1.165, 1.54) is 12.1 Å². The molecule has 4 N–H and O–H groups in total. The minimum atomic E-state index is -3.51. The third-order valence-electron chi connectivity index (χ3n) is 2.90. The number of hydrogen-bond acceptors (Lipinski definition) is 4. The molecule has 138 valence electrons. The third kappa shape index (κ3) is 9.64. The third-order valence-corrected chi connectivity index (χ3v) is 4.27. The molecule has 10 heteroatoms. The van der Waals surface area contributed by atoms with Crippen LogP contribution in [0.2, 0.25) is 0 Å². The molecule has 6 nitrogen and oxygen atoms in total. The summed E-state index contributed by atoms with van der Waals surface area (Å²) in [7, 11) is -3.51. The summed E-state index contributed by atoms with van der Waals surface area (Å²) in [5.74, 6) is 0.763. The van der Waals surface area contributed by atoms with Gasteiger partial charge < -0.3 is 10.6 Å². The summed E-state index contributed by atoms with van der Waals surface area (Å²) >= 11 is 1.61. The van der Waals surface area contributed by atoms with Gasteiger partial charge in [0, 0.05) is 18.8 Å². The standard InChI is InChI=1S/C14H23FN4O2S2.HI/c1-3-17-14(18-6-7-23(16,20)21)19-9-11-4-5-13(15)8-12(11)10-22-2;/h4-5,8H,3,6-7,9-10H2,1-2H3,(H2,16,20,21)(H2,17,18,19);1H. The van der Waals surface area contributed by atoms with Crippen LogP contribution in [0.5, 0.6) is 0 Å². The molecule has 1 aromatic carbocycles. The van der Waals surface area contributed by atoms with Gasteiger partial charge in [0.1, 0.15) is 5.82 Å². The van der Waals surface area contributed by atoms with Gasteiger partial charge in [-0.3, -0.25) is 0 Å². The fourth-order valence-electron chi connectivity index (χ4n) is 1.86. The second-order valence-corrected chi connectivity index (χ2v) is 7.43. The van der Waals surface area contributed by atoms with Crippen molar-refractivity contribution in [3.05, 3.63) is 35.1 Å². The molecule has 0 aliphatic carbocycles. The highest BCUT2D eigenvalue weighted by Gasteiger charge is 2.06. The largest absolute Gasteiger partial charge is 0.357 e. The minimum absolute atomic E-state index is 0. The van der Waals surface area contributed by atoms with Gasteiger partial charge in [0.05, 0.1) is 12.3 Å². The molecule has 0 saturated carbocycles. The van der Waals surface area contributed by atoms with E-state index in [0.29, 0.717) is 24.8 Å². The number of thioether (sulfide) groups is 1. The topological polar surface area (TPSA) is 96.6 Å². The van der Waals surface area contributed by atoms with Crippen LogP contribution in [0.4, 0.5) is 4.39 Å². The molecule has 0 unspecified atom stereocenters. The van der Waals surface area contributed by atoms with E-state index in [1.54, 1.807) is 17.8 Å². The van der Waals surface area contributed by atoms with Crippen molar-refractivity contribution in [3.63, 3.8) is 0 Å². The number of guanidine groups is 1. The van der Waals surface area contributed by atoms with Crippen LogP contribution in [0.25, 0.3) is 0 Å². The Hall–Kier alpha value is -0.590. The predicted octanol–water partition coefficient (Wildman–Crippen LogP) is 1.65. The maximum absolute atomic E-state index is 13.3. The molecule has 0 amide bonds. The lowest BCUT2D eigenvalue weighted by atomic mass is 10.1. The van der Waals surface area contributed by atoms with Crippen LogP contribution in [0.15, 0.2) is 23.2 Å². The zero-order valence-electron chi connectivity index (χ0n) is 13.7. The van der Waals surface area contributed by atoms with E-state index in [-0.39, 0.29) is 42.1 Å². The van der Waals surface area contributed by atoms with E-state index >= 15 is 0 Å². The van der Waals surface area contributed by atoms with Gasteiger partial charge >= 0.3 is 0 Å². The monoisotopic (exact) mass is 490 g/mol. The molecule has 0 atom stereocenters. The van der Waals surface area contributed by atoms with Crippen molar-refractivity contribution in [3.8, 4) is 0 Å². The molecule has 0 aliphatic heterocycles. The Morgan fingerprint density at radius 3 is 2.62 bits per heavy atom. The van der Waals surface area contributed by atoms with Gasteiger partial charge in [-0.2, -0.15) is 11.8 Å². The number of nitrogens with zero attached hydrogens (tertiary/aromatic N) is 1. The first kappa shape index (κ1) is 23.4. The first-order valence-electron chi connectivity index (χ1n) is 7.14. The molecule has 0 radical (unpaired) electrons. The highest BCUT2D eigenvalue weighted by Crippen LogP contribution is 2.17. The number of nitrogens with one attached hydrogen (secondary N) is 2. The Balaban J connectivity index is 0.00000529. The van der Waals surface area contributed by atoms with Gasteiger partial charge in [-0.1, -0.05) is 6.07 Å². The Bertz CT molecular complexity index is 642. The lowest BCUT2D eigenvalue weighted by Gasteiger charge is -2.12. The molecule has 1 rings (SSSR count). The molecule has 0 fully saturated rings. The van der Waals surface area contributed by atoms with Crippen molar-refractivity contribution >= 4 is 51.7 Å². The Morgan fingerprint density at radius 1 is 1.33 bits per heavy atom. The average Bonchev–Trinajstić information content (AvgIpc) is 2.45. The maximum Gasteiger partial charge on any atom is 0.210 e. The molecule has 0 bridgehead atoms. The van der Waals surface area contributed by atoms with Crippen LogP contribution in [0.3, 0.4) is 0 Å². The Labute approximate surface area is 164 Å². The first-order chi connectivity index (χ1) is 10.9. The van der Waals surface area contributed by atoms with Crippen molar-refractivity contribution in [1.29, 1.82) is 0 Å². The molecular formula is C14H24FIN4O2S2. The average molecular weight is 490 g/mol. The summed E-state index contributed by atoms with van der Waals surface area (Å²) in [5, 5.41) is 10.9. The van der Waals surface area contributed by atoms with E-state index in [9.17, 15) is 12.8 Å². The molecule has 0 aliphatic rings. The summed E-state index contributed by atoms with van der Waals surface area (Å²) in [5.41, 5.74) is 1.84. The van der Waals surface area contributed by atoms with Crippen LogP contribution >= 0.6 is 35.7 Å². The SMILES string of the molecule is CCNC(=NCc1ccc(F)cc1CSC)NCCS(N)(=O)=O.I. The molecule has 0 spiro atoms. The summed E-state index contributed by atoms with van der Waals surface area (Å²) in [6, 6.07) is 4.65. The zero-order chi connectivity index (χ0) is 17.3. The molecule has 24 heavy (non-hydrogen) atoms. The number of primary sulfonamides is 1. The fourth-order valence-corrected chi connectivity index (χ4v) is 2.82. The number of halogens is 2. The zero-order valence-corrected chi connectivity index (χ0v) is 17.7. The smallest absolute Gasteiger partial charge is 0.210 e. The van der Waals surface area contributed by atoms with Gasteiger partial charge in [0.25, 0.3) is 0 Å². The summed E-state index contributed by atoms with van der Waals surface area (Å²) in [6.07, 6.45) is 1.96. The molecule has 1 aromatic rings. The first-order valence-corrected chi connectivity index (χ1v) is 10.3. The maximum atomic E-state index is 13.3. The van der Waals surface area contributed by atoms with Gasteiger partial charge in [-0.25, -0.2) is 22.9 Å². The molecule has 0 saturated heterocycles. The van der Waals surface area contributed by atoms with E-state index in [4.69, 9.17) is 5.14 Å². The lowest BCUT2D eigenvalue weighted by Crippen LogP contribution is -2.40. The Morgan fingerprint density at radius 2 is 2.04 bits per heavy atom. The van der Waals surface area contributed by atoms with Crippen LogP contribution in [-0.4, -0.2) is 39.5 Å². The molecule has 0 aromatic heterocycles. The lowest BCUT2D eigenvalue weighted by molar-refractivity contribution is 0.596. The molecular weight excluding hydrogens is 466 g/mol. The fraction of sp³-hybridized carbons (Fsp3) is 0.500. The van der Waals surface area contributed by atoms with E-state index in [0.717, 1.165) is 11.1 Å². The van der Waals surface area contributed by atoms with Gasteiger partial charge in [0.2, 0.25) is 10.0 Å². The van der Waals surface area contributed by atoms with Crippen LogP contribution in [0.1, 0.15) is 18.1 Å². The number of nitrogens with two attached hydrogens (primary N) is 1. The normalized spacial score (nSPS) is 11.8. The van der Waals surface area contributed by atoms with Gasteiger partial charge in [0.15, 0.2) is 5.96 Å². The number of rotatable bonds is 8. The minimum Gasteiger partial charge on any atom is -0.357 e. The van der Waals surface area contributed by atoms with Crippen LogP contribution in [-0.2, 0) is 22.3 Å². The highest BCUT2D eigenvalue weighted by atomic mass is 127. The number of sulfonamides is 1. The van der Waals surface area contributed by atoms with E-state index in [2.05, 4.69) is 15.6 Å². The van der Waals surface area contributed by atoms with E-state index in [1.807, 2.05) is 13.2 Å². The van der Waals surface area contributed by atoms with Crippen molar-refractivity contribution in [2.75, 3.05) is 25.1 Å². The second kappa shape index (κ2) is 11.9. The quantitative estimate of drug-likeness (QED) is 0.293. The van der Waals surface area contributed by atoms with Gasteiger partial charge in [-0.15, -0.1) is 24.0 Å². The number of hydrogen-bond donors (Lipinski definition) is 3. The predicted molar refractivity (Wildman–Crippen MR) is 110 cm³/mol. The van der Waals surface area contributed by atoms with Crippen molar-refractivity contribution in [1.82, 2.24) is 10.6 Å². The van der Waals surface area contributed by atoms with Gasteiger partial charge in [-0.05, 0) is 36.4 Å². The van der Waals surface area contributed by atoms with Crippen molar-refractivity contribution < 1.29 is 12.8 Å². The molecule has 0 heterocycles. The van der Waals surface area contributed by atoms with Crippen molar-refractivity contribution in [2.45, 2.75) is 19.2 Å². The number of benzene rings is 1. The van der Waals surface area contributed by atoms with Crippen LogP contribution < -0.4 is 15.8 Å². The summed E-state index contributed by atoms with van der Waals surface area (Å²) < 4.78 is 35.2. The number of aliphatic imine (C=N–C) groups is 1. The highest BCUT2D eigenvalue weighted by molar-refractivity contribution is 14.0. The summed E-state index contributed by atoms with van der Waals surface area (Å²) in [6.45, 7) is 3.10. The van der Waals surface area contributed by atoms with E-state index < -0.39 is 10.0 Å². The van der Waals surface area contributed by atoms with Crippen molar-refractivity contribution in [2.24, 2.45) is 10.1 Å².